The van der Waals surface area contributed by atoms with Gasteiger partial charge in [0.05, 0.1) is 5.75 Å². The molecule has 2 aromatic carbocycles. The van der Waals surface area contributed by atoms with Gasteiger partial charge >= 0.3 is 0 Å². The van der Waals surface area contributed by atoms with Gasteiger partial charge in [-0.3, -0.25) is 9.36 Å². The molecule has 0 fully saturated rings. The van der Waals surface area contributed by atoms with Gasteiger partial charge in [-0.15, -0.1) is 21.5 Å². The molecule has 0 unspecified atom stereocenters. The summed E-state index contributed by atoms with van der Waals surface area (Å²) in [6, 6.07) is 22.1. The van der Waals surface area contributed by atoms with Crippen molar-refractivity contribution < 1.29 is 4.79 Å². The Labute approximate surface area is 184 Å². The number of carbonyl (C=O) groups is 1. The molecule has 0 aliphatic rings. The molecule has 0 radical (unpaired) electrons. The molecular formula is C23H22N4OS2. The van der Waals surface area contributed by atoms with Crippen LogP contribution in [-0.4, -0.2) is 26.4 Å². The van der Waals surface area contributed by atoms with Crippen LogP contribution in [-0.2, 0) is 17.6 Å². The second-order valence-electron chi connectivity index (χ2n) is 6.71. The number of para-hydroxylation sites is 1. The number of thioether (sulfide) groups is 1. The van der Waals surface area contributed by atoms with Crippen molar-refractivity contribution in [1.82, 2.24) is 14.8 Å². The maximum absolute atomic E-state index is 12.5. The third kappa shape index (κ3) is 4.98. The maximum atomic E-state index is 12.5. The molecule has 0 aliphatic heterocycles. The summed E-state index contributed by atoms with van der Waals surface area (Å²) in [5.41, 5.74) is 3.05. The van der Waals surface area contributed by atoms with Gasteiger partial charge in [0.2, 0.25) is 5.91 Å². The van der Waals surface area contributed by atoms with E-state index in [-0.39, 0.29) is 11.7 Å². The Morgan fingerprint density at radius 1 is 1.03 bits per heavy atom. The van der Waals surface area contributed by atoms with Gasteiger partial charge in [-0.25, -0.2) is 0 Å². The van der Waals surface area contributed by atoms with Gasteiger partial charge in [0.15, 0.2) is 5.16 Å². The Balaban J connectivity index is 1.49. The molecule has 0 saturated carbocycles. The number of nitrogens with one attached hydrogen (secondary N) is 1. The van der Waals surface area contributed by atoms with Gasteiger partial charge < -0.3 is 5.32 Å². The van der Waals surface area contributed by atoms with Crippen molar-refractivity contribution in [1.29, 1.82) is 0 Å². The minimum Gasteiger partial charge on any atom is -0.325 e. The molecule has 152 valence electrons. The van der Waals surface area contributed by atoms with Crippen LogP contribution in [0.3, 0.4) is 0 Å². The third-order valence-electron chi connectivity index (χ3n) is 4.61. The Hall–Kier alpha value is -2.90. The number of hydrogen-bond donors (Lipinski definition) is 1. The number of hydrogen-bond acceptors (Lipinski definition) is 5. The summed E-state index contributed by atoms with van der Waals surface area (Å²) in [4.78, 5) is 13.7. The minimum atomic E-state index is -0.0633. The van der Waals surface area contributed by atoms with E-state index in [1.54, 1.807) is 11.3 Å². The lowest BCUT2D eigenvalue weighted by molar-refractivity contribution is -0.113. The van der Waals surface area contributed by atoms with Crippen molar-refractivity contribution in [3.05, 3.63) is 88.4 Å². The molecule has 30 heavy (non-hydrogen) atoms. The predicted molar refractivity (Wildman–Crippen MR) is 124 cm³/mol. The van der Waals surface area contributed by atoms with Crippen LogP contribution in [0.4, 0.5) is 5.69 Å². The van der Waals surface area contributed by atoms with Crippen molar-refractivity contribution in [3.8, 4) is 5.69 Å². The summed E-state index contributed by atoms with van der Waals surface area (Å²) in [6.07, 6.45) is 1.68. The molecule has 7 heteroatoms. The van der Waals surface area contributed by atoms with Crippen molar-refractivity contribution >= 4 is 34.7 Å². The zero-order valence-electron chi connectivity index (χ0n) is 16.6. The monoisotopic (exact) mass is 434 g/mol. The maximum Gasteiger partial charge on any atom is 0.234 e. The number of aromatic nitrogens is 3. The molecule has 0 aliphatic carbocycles. The molecule has 5 nitrogen and oxygen atoms in total. The standard InChI is InChI=1S/C23H22N4OS2/c1-2-17-10-12-18(13-11-17)24-22(28)16-30-23-26-25-21(15-20-9-6-14-29-20)27(23)19-7-4-3-5-8-19/h3-14H,2,15-16H2,1H3,(H,24,28). The van der Waals surface area contributed by atoms with Crippen LogP contribution in [0, 0.1) is 0 Å². The van der Waals surface area contributed by atoms with Gasteiger partial charge in [0, 0.05) is 22.7 Å². The normalized spacial score (nSPS) is 10.8. The number of aryl methyl sites for hydroxylation is 1. The first-order valence-electron chi connectivity index (χ1n) is 9.76. The van der Waals surface area contributed by atoms with Gasteiger partial charge in [-0.2, -0.15) is 0 Å². The highest BCUT2D eigenvalue weighted by molar-refractivity contribution is 7.99. The van der Waals surface area contributed by atoms with Crippen LogP contribution in [0.25, 0.3) is 5.69 Å². The average Bonchev–Trinajstić information content (AvgIpc) is 3.44. The van der Waals surface area contributed by atoms with Gasteiger partial charge in [0.25, 0.3) is 0 Å². The molecule has 2 aromatic heterocycles. The van der Waals surface area contributed by atoms with E-state index in [1.165, 1.54) is 22.2 Å². The van der Waals surface area contributed by atoms with E-state index in [0.29, 0.717) is 11.6 Å². The summed E-state index contributed by atoms with van der Waals surface area (Å²) >= 11 is 3.09. The van der Waals surface area contributed by atoms with Crippen LogP contribution in [0.5, 0.6) is 0 Å². The lowest BCUT2D eigenvalue weighted by Gasteiger charge is -2.10. The summed E-state index contributed by atoms with van der Waals surface area (Å²) in [5.74, 6) is 1.06. The number of thiophene rings is 1. The Kier molecular flexibility index (Phi) is 6.61. The van der Waals surface area contributed by atoms with E-state index < -0.39 is 0 Å². The molecule has 2 heterocycles. The van der Waals surface area contributed by atoms with Gasteiger partial charge in [0.1, 0.15) is 5.82 Å². The lowest BCUT2D eigenvalue weighted by atomic mass is 10.1. The smallest absolute Gasteiger partial charge is 0.234 e. The molecule has 4 aromatic rings. The Morgan fingerprint density at radius 2 is 1.83 bits per heavy atom. The van der Waals surface area contributed by atoms with Crippen LogP contribution >= 0.6 is 23.1 Å². The lowest BCUT2D eigenvalue weighted by Crippen LogP contribution is -2.14. The van der Waals surface area contributed by atoms with E-state index in [2.05, 4.69) is 33.9 Å². The van der Waals surface area contributed by atoms with E-state index in [9.17, 15) is 4.79 Å². The number of nitrogens with zero attached hydrogens (tertiary/aromatic N) is 3. The third-order valence-corrected chi connectivity index (χ3v) is 6.41. The minimum absolute atomic E-state index is 0.0633. The molecular weight excluding hydrogens is 412 g/mol. The Bertz CT molecular complexity index is 1090. The summed E-state index contributed by atoms with van der Waals surface area (Å²) in [6.45, 7) is 2.11. The number of benzene rings is 2. The van der Waals surface area contributed by atoms with Gasteiger partial charge in [-0.05, 0) is 47.7 Å². The highest BCUT2D eigenvalue weighted by Crippen LogP contribution is 2.24. The van der Waals surface area contributed by atoms with E-state index in [1.807, 2.05) is 65.2 Å². The van der Waals surface area contributed by atoms with Crippen molar-refractivity contribution in [2.75, 3.05) is 11.1 Å². The topological polar surface area (TPSA) is 59.8 Å². The molecule has 1 N–H and O–H groups in total. The zero-order valence-corrected chi connectivity index (χ0v) is 18.2. The molecule has 0 atom stereocenters. The molecule has 0 spiro atoms. The zero-order chi connectivity index (χ0) is 20.8. The summed E-state index contributed by atoms with van der Waals surface area (Å²) in [7, 11) is 0. The number of carbonyl (C=O) groups excluding carboxylic acids is 1. The first-order valence-corrected chi connectivity index (χ1v) is 11.6. The molecule has 1 amide bonds. The van der Waals surface area contributed by atoms with Crippen LogP contribution in [0.1, 0.15) is 23.2 Å². The fourth-order valence-electron chi connectivity index (χ4n) is 3.06. The van der Waals surface area contributed by atoms with E-state index >= 15 is 0 Å². The summed E-state index contributed by atoms with van der Waals surface area (Å²) < 4.78 is 2.04. The van der Waals surface area contributed by atoms with Crippen LogP contribution in [0.2, 0.25) is 0 Å². The van der Waals surface area contributed by atoms with Crippen molar-refractivity contribution in [3.63, 3.8) is 0 Å². The Morgan fingerprint density at radius 3 is 2.53 bits per heavy atom. The van der Waals surface area contributed by atoms with E-state index in [0.717, 1.165) is 23.6 Å². The highest BCUT2D eigenvalue weighted by Gasteiger charge is 2.16. The van der Waals surface area contributed by atoms with E-state index in [4.69, 9.17) is 0 Å². The van der Waals surface area contributed by atoms with Crippen LogP contribution < -0.4 is 5.32 Å². The fraction of sp³-hybridized carbons (Fsp3) is 0.174. The van der Waals surface area contributed by atoms with Gasteiger partial charge in [-0.1, -0.05) is 55.1 Å². The SMILES string of the molecule is CCc1ccc(NC(=O)CSc2nnc(Cc3cccs3)n2-c2ccccc2)cc1. The quantitative estimate of drug-likeness (QED) is 0.387. The second kappa shape index (κ2) is 9.73. The number of amides is 1. The molecule has 0 saturated heterocycles. The van der Waals surface area contributed by atoms with Crippen molar-refractivity contribution in [2.24, 2.45) is 0 Å². The fourth-order valence-corrected chi connectivity index (χ4v) is 4.54. The summed E-state index contributed by atoms with van der Waals surface area (Å²) in [5, 5.41) is 14.5. The van der Waals surface area contributed by atoms with Crippen LogP contribution in [0.15, 0.2) is 77.3 Å². The average molecular weight is 435 g/mol. The second-order valence-corrected chi connectivity index (χ2v) is 8.69. The first kappa shape index (κ1) is 20.4. The van der Waals surface area contributed by atoms with Crippen molar-refractivity contribution in [2.45, 2.75) is 24.9 Å². The highest BCUT2D eigenvalue weighted by atomic mass is 32.2. The first-order chi connectivity index (χ1) is 14.7. The largest absolute Gasteiger partial charge is 0.325 e. The molecule has 0 bridgehead atoms. The number of rotatable bonds is 8. The molecule has 4 rings (SSSR count). The number of anilines is 1. The predicted octanol–water partition coefficient (Wildman–Crippen LogP) is 5.21.